The van der Waals surface area contributed by atoms with Gasteiger partial charge in [-0.15, -0.1) is 0 Å². The van der Waals surface area contributed by atoms with Gasteiger partial charge in [0.1, 0.15) is 0 Å². The Labute approximate surface area is 74.3 Å². The van der Waals surface area contributed by atoms with Gasteiger partial charge in [-0.1, -0.05) is 19.8 Å². The highest BCUT2D eigenvalue weighted by Gasteiger charge is 1.94. The standard InChI is InChI=1S/C10H16N2/c1-2-3-5-8-12-9-6-4-7-11-10-12/h4,6-7,9-10H,2-3,5,8H2,1H3. The lowest BCUT2D eigenvalue weighted by Gasteiger charge is -2.12. The molecule has 66 valence electrons. The molecule has 1 heterocycles. The Morgan fingerprint density at radius 1 is 1.25 bits per heavy atom. The molecular weight excluding hydrogens is 148 g/mol. The van der Waals surface area contributed by atoms with Gasteiger partial charge in [0.05, 0.1) is 6.34 Å². The molecule has 0 aromatic rings. The lowest BCUT2D eigenvalue weighted by Crippen LogP contribution is -2.15. The zero-order valence-electron chi connectivity index (χ0n) is 7.61. The Bertz CT molecular complexity index is 176. The summed E-state index contributed by atoms with van der Waals surface area (Å²) in [7, 11) is 0. The van der Waals surface area contributed by atoms with Crippen molar-refractivity contribution in [1.29, 1.82) is 0 Å². The van der Waals surface area contributed by atoms with Crippen molar-refractivity contribution in [2.45, 2.75) is 26.2 Å². The third-order valence-electron chi connectivity index (χ3n) is 1.80. The second-order valence-electron chi connectivity index (χ2n) is 2.89. The molecule has 0 saturated carbocycles. The van der Waals surface area contributed by atoms with Gasteiger partial charge in [0.15, 0.2) is 0 Å². The van der Waals surface area contributed by atoms with Crippen LogP contribution in [0, 0.1) is 0 Å². The Kier molecular flexibility index (Phi) is 4.21. The van der Waals surface area contributed by atoms with Crippen LogP contribution in [-0.2, 0) is 0 Å². The van der Waals surface area contributed by atoms with Crippen LogP contribution < -0.4 is 0 Å². The fourth-order valence-electron chi connectivity index (χ4n) is 1.10. The first-order chi connectivity index (χ1) is 5.93. The van der Waals surface area contributed by atoms with Crippen LogP contribution in [0.3, 0.4) is 0 Å². The quantitative estimate of drug-likeness (QED) is 0.583. The third kappa shape index (κ3) is 3.37. The fourth-order valence-corrected chi connectivity index (χ4v) is 1.10. The number of nitrogens with zero attached hydrogens (tertiary/aromatic N) is 2. The van der Waals surface area contributed by atoms with Gasteiger partial charge in [0, 0.05) is 18.9 Å². The first-order valence-electron chi connectivity index (χ1n) is 4.56. The molecule has 0 aromatic heterocycles. The van der Waals surface area contributed by atoms with Crippen LogP contribution in [0.4, 0.5) is 0 Å². The van der Waals surface area contributed by atoms with Crippen molar-refractivity contribution in [2.75, 3.05) is 6.54 Å². The van der Waals surface area contributed by atoms with Gasteiger partial charge < -0.3 is 4.90 Å². The summed E-state index contributed by atoms with van der Waals surface area (Å²) in [5.41, 5.74) is 0. The van der Waals surface area contributed by atoms with Crippen molar-refractivity contribution >= 4 is 6.34 Å². The minimum absolute atomic E-state index is 1.08. The predicted octanol–water partition coefficient (Wildman–Crippen LogP) is 2.55. The van der Waals surface area contributed by atoms with Gasteiger partial charge in [-0.05, 0) is 18.6 Å². The smallest absolute Gasteiger partial charge is 0.0944 e. The number of allylic oxidation sites excluding steroid dienone is 2. The second kappa shape index (κ2) is 5.58. The number of aliphatic imine (C=N–C) groups is 1. The maximum Gasteiger partial charge on any atom is 0.0944 e. The number of hydrogen-bond donors (Lipinski definition) is 0. The Morgan fingerprint density at radius 2 is 2.17 bits per heavy atom. The van der Waals surface area contributed by atoms with Crippen LogP contribution in [0.5, 0.6) is 0 Å². The summed E-state index contributed by atoms with van der Waals surface area (Å²) in [5, 5.41) is 0. The van der Waals surface area contributed by atoms with Crippen LogP contribution in [0.2, 0.25) is 0 Å². The van der Waals surface area contributed by atoms with Crippen molar-refractivity contribution in [3.63, 3.8) is 0 Å². The largest absolute Gasteiger partial charge is 0.339 e. The van der Waals surface area contributed by atoms with Gasteiger partial charge in [-0.3, -0.25) is 0 Å². The molecule has 2 nitrogen and oxygen atoms in total. The van der Waals surface area contributed by atoms with Crippen molar-refractivity contribution < 1.29 is 0 Å². The molecule has 2 heteroatoms. The molecule has 0 unspecified atom stereocenters. The maximum atomic E-state index is 4.09. The van der Waals surface area contributed by atoms with Gasteiger partial charge in [0.25, 0.3) is 0 Å². The molecule has 1 rings (SSSR count). The van der Waals surface area contributed by atoms with E-state index in [1.165, 1.54) is 19.3 Å². The molecule has 12 heavy (non-hydrogen) atoms. The van der Waals surface area contributed by atoms with E-state index in [9.17, 15) is 0 Å². The molecule has 0 saturated heterocycles. The van der Waals surface area contributed by atoms with E-state index in [4.69, 9.17) is 0 Å². The van der Waals surface area contributed by atoms with E-state index in [-0.39, 0.29) is 0 Å². The molecule has 0 atom stereocenters. The van der Waals surface area contributed by atoms with Crippen molar-refractivity contribution in [2.24, 2.45) is 4.99 Å². The summed E-state index contributed by atoms with van der Waals surface area (Å²) in [6.07, 6.45) is 13.5. The van der Waals surface area contributed by atoms with E-state index < -0.39 is 0 Å². The number of unbranched alkanes of at least 4 members (excludes halogenated alkanes) is 2. The van der Waals surface area contributed by atoms with Crippen LogP contribution in [0.25, 0.3) is 0 Å². The highest BCUT2D eigenvalue weighted by Crippen LogP contribution is 1.99. The minimum atomic E-state index is 1.08. The van der Waals surface area contributed by atoms with E-state index in [1.54, 1.807) is 6.20 Å². The third-order valence-corrected chi connectivity index (χ3v) is 1.80. The predicted molar refractivity (Wildman–Crippen MR) is 53.0 cm³/mol. The Morgan fingerprint density at radius 3 is 3.00 bits per heavy atom. The maximum absolute atomic E-state index is 4.09. The zero-order valence-corrected chi connectivity index (χ0v) is 7.61. The molecule has 0 fully saturated rings. The van der Waals surface area contributed by atoms with E-state index in [1.807, 2.05) is 18.5 Å². The molecular formula is C10H16N2. The summed E-state index contributed by atoms with van der Waals surface area (Å²) in [6, 6.07) is 0. The van der Waals surface area contributed by atoms with Crippen LogP contribution in [-0.4, -0.2) is 17.8 Å². The zero-order chi connectivity index (χ0) is 8.65. The second-order valence-corrected chi connectivity index (χ2v) is 2.89. The molecule has 0 bridgehead atoms. The topological polar surface area (TPSA) is 15.6 Å². The Balaban J connectivity index is 2.23. The van der Waals surface area contributed by atoms with E-state index in [0.29, 0.717) is 0 Å². The molecule has 0 amide bonds. The molecule has 0 spiro atoms. The number of hydrogen-bond acceptors (Lipinski definition) is 2. The summed E-state index contributed by atoms with van der Waals surface area (Å²) in [5.74, 6) is 0. The SMILES string of the molecule is CCCCCN1C=CC=CN=C1. The van der Waals surface area contributed by atoms with E-state index in [0.717, 1.165) is 6.54 Å². The van der Waals surface area contributed by atoms with Gasteiger partial charge in [-0.2, -0.15) is 0 Å². The van der Waals surface area contributed by atoms with Crippen molar-refractivity contribution in [3.8, 4) is 0 Å². The normalized spacial score (nSPS) is 15.2. The fraction of sp³-hybridized carbons (Fsp3) is 0.500. The summed E-state index contributed by atoms with van der Waals surface area (Å²) < 4.78 is 0. The Hall–Kier alpha value is -1.05. The van der Waals surface area contributed by atoms with Crippen LogP contribution in [0.1, 0.15) is 26.2 Å². The molecule has 0 radical (unpaired) electrons. The highest BCUT2D eigenvalue weighted by molar-refractivity contribution is 5.58. The van der Waals surface area contributed by atoms with E-state index >= 15 is 0 Å². The molecule has 0 aromatic carbocycles. The average Bonchev–Trinajstić information content (AvgIpc) is 2.33. The first-order valence-corrected chi connectivity index (χ1v) is 4.56. The molecule has 1 aliphatic rings. The minimum Gasteiger partial charge on any atom is -0.339 e. The van der Waals surface area contributed by atoms with Gasteiger partial charge in [0.2, 0.25) is 0 Å². The number of rotatable bonds is 4. The summed E-state index contributed by atoms with van der Waals surface area (Å²) in [4.78, 5) is 6.21. The first kappa shape index (κ1) is 9.04. The van der Waals surface area contributed by atoms with Crippen molar-refractivity contribution in [3.05, 3.63) is 24.6 Å². The summed E-state index contributed by atoms with van der Waals surface area (Å²) in [6.45, 7) is 3.30. The monoisotopic (exact) mass is 164 g/mol. The van der Waals surface area contributed by atoms with Crippen LogP contribution >= 0.6 is 0 Å². The van der Waals surface area contributed by atoms with E-state index in [2.05, 4.69) is 23.0 Å². The lowest BCUT2D eigenvalue weighted by molar-refractivity contribution is 0.527. The molecule has 0 aliphatic carbocycles. The summed E-state index contributed by atoms with van der Waals surface area (Å²) >= 11 is 0. The molecule has 1 aliphatic heterocycles. The van der Waals surface area contributed by atoms with Gasteiger partial charge in [-0.25, -0.2) is 4.99 Å². The van der Waals surface area contributed by atoms with Crippen molar-refractivity contribution in [1.82, 2.24) is 4.90 Å². The lowest BCUT2D eigenvalue weighted by atomic mass is 10.2. The average molecular weight is 164 g/mol. The molecule has 0 N–H and O–H groups in total. The van der Waals surface area contributed by atoms with Crippen LogP contribution in [0.15, 0.2) is 29.5 Å². The highest BCUT2D eigenvalue weighted by atomic mass is 15.1. The van der Waals surface area contributed by atoms with Gasteiger partial charge >= 0.3 is 0 Å².